The lowest BCUT2D eigenvalue weighted by molar-refractivity contribution is -0.137. The Kier molecular flexibility index (Phi) is 7.55. The molecule has 2 N–H and O–H groups in total. The van der Waals surface area contributed by atoms with Gasteiger partial charge in [0.15, 0.2) is 0 Å². The third-order valence-corrected chi connectivity index (χ3v) is 10.5. The van der Waals surface area contributed by atoms with E-state index in [1.54, 1.807) is 0 Å². The molecule has 2 saturated heterocycles. The smallest absolute Gasteiger partial charge is 0.488 e. The van der Waals surface area contributed by atoms with Crippen LogP contribution in [0, 0.1) is 5.92 Å². The Hall–Kier alpha value is -4.09. The van der Waals surface area contributed by atoms with Crippen LogP contribution in [0.1, 0.15) is 78.7 Å². The minimum absolute atomic E-state index is 0.00364. The highest BCUT2D eigenvalue weighted by Crippen LogP contribution is 2.43. The van der Waals surface area contributed by atoms with Crippen molar-refractivity contribution in [2.75, 3.05) is 7.11 Å². The number of amides is 2. The van der Waals surface area contributed by atoms with Crippen LogP contribution >= 0.6 is 0 Å². The molecule has 2 unspecified atom stereocenters. The van der Waals surface area contributed by atoms with Crippen LogP contribution in [0.5, 0.6) is 5.75 Å². The maximum Gasteiger partial charge on any atom is 0.494 e. The molecule has 4 aromatic rings. The minimum Gasteiger partial charge on any atom is -0.488 e. The van der Waals surface area contributed by atoms with E-state index in [1.165, 1.54) is 7.11 Å². The predicted octanol–water partition coefficient (Wildman–Crippen LogP) is 6.01. The monoisotopic (exact) mass is 638 g/mol. The lowest BCUT2D eigenvalue weighted by Gasteiger charge is -2.32. The van der Waals surface area contributed by atoms with E-state index in [-0.39, 0.29) is 23.9 Å². The summed E-state index contributed by atoms with van der Waals surface area (Å²) in [6, 6.07) is 13.8. The molecule has 3 atom stereocenters. The van der Waals surface area contributed by atoms with Crippen LogP contribution in [0.15, 0.2) is 42.5 Å². The van der Waals surface area contributed by atoms with Crippen molar-refractivity contribution in [3.8, 4) is 16.9 Å². The predicted molar refractivity (Wildman–Crippen MR) is 182 cm³/mol. The van der Waals surface area contributed by atoms with Gasteiger partial charge in [0.2, 0.25) is 5.91 Å². The van der Waals surface area contributed by atoms with Gasteiger partial charge in [0.05, 0.1) is 35.4 Å². The molecule has 3 aromatic carbocycles. The molecular weight excluding hydrogens is 595 g/mol. The minimum atomic E-state index is -0.699. The molecular formula is C36H43BN4O6. The number of benzene rings is 3. The average molecular weight is 639 g/mol. The molecule has 0 saturated carbocycles. The summed E-state index contributed by atoms with van der Waals surface area (Å²) >= 11 is 0. The second-order valence-corrected chi connectivity index (χ2v) is 14.5. The first-order chi connectivity index (χ1) is 22.3. The molecule has 0 aliphatic carbocycles. The number of aromatic nitrogens is 2. The third-order valence-electron chi connectivity index (χ3n) is 10.5. The number of carbonyl (C=O) groups excluding carboxylic acids is 2. The van der Waals surface area contributed by atoms with Crippen LogP contribution in [0.2, 0.25) is 0 Å². The van der Waals surface area contributed by atoms with Gasteiger partial charge in [0.25, 0.3) is 0 Å². The number of alkyl carbamates (subject to hydrolysis) is 1. The third kappa shape index (κ3) is 5.24. The summed E-state index contributed by atoms with van der Waals surface area (Å²) in [6.07, 6.45) is 1.000. The Bertz CT molecular complexity index is 1890. The van der Waals surface area contributed by atoms with Crippen LogP contribution in [-0.2, 0) is 25.4 Å². The van der Waals surface area contributed by atoms with Gasteiger partial charge >= 0.3 is 13.2 Å². The van der Waals surface area contributed by atoms with E-state index in [4.69, 9.17) is 23.8 Å². The van der Waals surface area contributed by atoms with Crippen molar-refractivity contribution in [3.63, 3.8) is 0 Å². The van der Waals surface area contributed by atoms with Crippen LogP contribution in [-0.4, -0.2) is 64.4 Å². The van der Waals surface area contributed by atoms with Gasteiger partial charge in [-0.25, -0.2) is 9.78 Å². The van der Waals surface area contributed by atoms with Crippen molar-refractivity contribution in [1.29, 1.82) is 0 Å². The first kappa shape index (κ1) is 31.5. The summed E-state index contributed by atoms with van der Waals surface area (Å²) in [5.74, 6) is 1.31. The Balaban J connectivity index is 1.21. The molecule has 246 valence electrons. The standard InChI is InChI=1S/C36H43BN4O6/c1-19(2)30(40-34(43)44-8)33(42)41-20(3)9-14-28(41)32-38-27-13-10-21-16-26-24-12-11-23(37-46-35(4,5)36(6,7)47-37)15-22(24)18-45-29(26)17-25(21)31(27)39-32/h10-13,15-17,19-20,28,30H,9,14,18H2,1-8H3,(H,38,39)(H,40,43)/t20?,28-,30?/m0/s1. The van der Waals surface area contributed by atoms with Crippen LogP contribution < -0.4 is 15.5 Å². The molecule has 47 heavy (non-hydrogen) atoms. The molecule has 11 heteroatoms. The molecule has 1 aromatic heterocycles. The van der Waals surface area contributed by atoms with Crippen molar-refractivity contribution >= 4 is 46.4 Å². The number of nitrogens with one attached hydrogen (secondary N) is 2. The van der Waals surface area contributed by atoms with Crippen LogP contribution in [0.3, 0.4) is 0 Å². The number of hydrogen-bond donors (Lipinski definition) is 2. The number of imidazole rings is 1. The van der Waals surface area contributed by atoms with Crippen molar-refractivity contribution in [2.45, 2.75) is 97.2 Å². The molecule has 0 spiro atoms. The van der Waals surface area contributed by atoms with Gasteiger partial charge in [0, 0.05) is 17.0 Å². The highest BCUT2D eigenvalue weighted by Gasteiger charge is 2.52. The molecule has 2 amide bonds. The molecule has 2 fully saturated rings. The highest BCUT2D eigenvalue weighted by atomic mass is 16.7. The normalized spacial score (nSPS) is 21.9. The maximum absolute atomic E-state index is 13.9. The second-order valence-electron chi connectivity index (χ2n) is 14.5. The topological polar surface area (TPSA) is 115 Å². The molecule has 4 heterocycles. The number of H-pyrrole nitrogens is 1. The number of fused-ring (bicyclic) bond motifs is 6. The summed E-state index contributed by atoms with van der Waals surface area (Å²) < 4.78 is 23.7. The number of ether oxygens (including phenoxy) is 2. The number of rotatable bonds is 5. The Morgan fingerprint density at radius 1 is 1.04 bits per heavy atom. The number of likely N-dealkylation sites (tertiary alicyclic amines) is 1. The van der Waals surface area contributed by atoms with Crippen molar-refractivity contribution in [2.24, 2.45) is 5.92 Å². The summed E-state index contributed by atoms with van der Waals surface area (Å²) in [5, 5.41) is 4.77. The Morgan fingerprint density at radius 2 is 1.79 bits per heavy atom. The molecule has 3 aliphatic heterocycles. The highest BCUT2D eigenvalue weighted by molar-refractivity contribution is 6.62. The van der Waals surface area contributed by atoms with Crippen molar-refractivity contribution in [1.82, 2.24) is 20.2 Å². The zero-order valence-corrected chi connectivity index (χ0v) is 28.4. The van der Waals surface area contributed by atoms with Gasteiger partial charge in [-0.15, -0.1) is 0 Å². The number of methoxy groups -OCH3 is 1. The van der Waals surface area contributed by atoms with E-state index in [1.807, 2.05) is 31.7 Å². The molecule has 7 rings (SSSR count). The molecule has 0 radical (unpaired) electrons. The van der Waals surface area contributed by atoms with E-state index in [2.05, 4.69) is 74.4 Å². The second kappa shape index (κ2) is 11.3. The van der Waals surface area contributed by atoms with E-state index in [0.717, 1.165) is 68.4 Å². The Morgan fingerprint density at radius 3 is 2.49 bits per heavy atom. The summed E-state index contributed by atoms with van der Waals surface area (Å²) in [7, 11) is 0.872. The SMILES string of the molecule is COC(=O)NC(C(=O)N1C(C)CC[C@H]1c1nc2c(ccc3cc4c(cc32)OCc2cc(B3OC(C)(C)C(C)(C)O3)ccc2-4)[nH]1)C(C)C. The van der Waals surface area contributed by atoms with Gasteiger partial charge in [-0.1, -0.05) is 38.1 Å². The molecule has 0 bridgehead atoms. The van der Waals surface area contributed by atoms with Crippen molar-refractivity contribution in [3.05, 3.63) is 53.9 Å². The van der Waals surface area contributed by atoms with E-state index in [0.29, 0.717) is 6.61 Å². The van der Waals surface area contributed by atoms with E-state index < -0.39 is 30.5 Å². The van der Waals surface area contributed by atoms with E-state index in [9.17, 15) is 9.59 Å². The van der Waals surface area contributed by atoms with Gasteiger partial charge in [-0.2, -0.15) is 0 Å². The van der Waals surface area contributed by atoms with Gasteiger partial charge < -0.3 is 34.0 Å². The first-order valence-corrected chi connectivity index (χ1v) is 16.5. The summed E-state index contributed by atoms with van der Waals surface area (Å²) in [4.78, 5) is 36.4. The zero-order chi connectivity index (χ0) is 33.4. The molecule has 10 nitrogen and oxygen atoms in total. The summed E-state index contributed by atoms with van der Waals surface area (Å²) in [6.45, 7) is 14.6. The summed E-state index contributed by atoms with van der Waals surface area (Å²) in [5.41, 5.74) is 5.16. The zero-order valence-electron chi connectivity index (χ0n) is 28.4. The fourth-order valence-electron chi connectivity index (χ4n) is 7.09. The van der Waals surface area contributed by atoms with Crippen molar-refractivity contribution < 1.29 is 28.4 Å². The number of hydrogen-bond acceptors (Lipinski definition) is 7. The maximum atomic E-state index is 13.9. The number of nitrogens with zero attached hydrogens (tertiary/aromatic N) is 2. The Labute approximate surface area is 275 Å². The van der Waals surface area contributed by atoms with Gasteiger partial charge in [0.1, 0.15) is 24.2 Å². The lowest BCUT2D eigenvalue weighted by Crippen LogP contribution is -2.52. The van der Waals surface area contributed by atoms with Crippen LogP contribution in [0.25, 0.3) is 32.9 Å². The van der Waals surface area contributed by atoms with Crippen LogP contribution in [0.4, 0.5) is 4.79 Å². The lowest BCUT2D eigenvalue weighted by atomic mass is 9.77. The fourth-order valence-corrected chi connectivity index (χ4v) is 7.09. The van der Waals surface area contributed by atoms with Gasteiger partial charge in [-0.3, -0.25) is 4.79 Å². The quantitative estimate of drug-likeness (QED) is 0.258. The average Bonchev–Trinajstić information content (AvgIpc) is 3.70. The van der Waals surface area contributed by atoms with E-state index >= 15 is 0 Å². The van der Waals surface area contributed by atoms with Gasteiger partial charge in [-0.05, 0) is 93.6 Å². The largest absolute Gasteiger partial charge is 0.494 e. The number of aromatic amines is 1. The fraction of sp³-hybridized carbons (Fsp3) is 0.472. The first-order valence-electron chi connectivity index (χ1n) is 16.5. The molecule has 3 aliphatic rings. The number of carbonyl (C=O) groups is 2.